The Bertz CT molecular complexity index is 599. The zero-order chi connectivity index (χ0) is 15.5. The molecule has 1 unspecified atom stereocenters. The first-order valence-corrected chi connectivity index (χ1v) is 7.46. The second-order valence-corrected chi connectivity index (χ2v) is 6.43. The smallest absolute Gasteiger partial charge is 0.132 e. The fourth-order valence-electron chi connectivity index (χ4n) is 2.24. The third-order valence-corrected chi connectivity index (χ3v) is 3.75. The monoisotopic (exact) mass is 283 g/mol. The number of para-hydroxylation sites is 1. The minimum atomic E-state index is 0.122. The summed E-state index contributed by atoms with van der Waals surface area (Å²) in [5.74, 6) is 1.79. The van der Waals surface area contributed by atoms with Gasteiger partial charge >= 0.3 is 0 Å². The molecule has 0 saturated carbocycles. The molecule has 0 bridgehead atoms. The van der Waals surface area contributed by atoms with E-state index in [0.29, 0.717) is 0 Å². The van der Waals surface area contributed by atoms with Crippen molar-refractivity contribution in [3.05, 3.63) is 59.7 Å². The Morgan fingerprint density at radius 2 is 1.71 bits per heavy atom. The molecule has 0 radical (unpaired) electrons. The highest BCUT2D eigenvalue weighted by Gasteiger charge is 2.15. The van der Waals surface area contributed by atoms with Crippen molar-refractivity contribution in [3.8, 4) is 11.5 Å². The lowest BCUT2D eigenvalue weighted by molar-refractivity contribution is 0.463. The van der Waals surface area contributed by atoms with E-state index in [-0.39, 0.29) is 11.5 Å². The predicted molar refractivity (Wildman–Crippen MR) is 89.1 cm³/mol. The molecule has 112 valence electrons. The number of benzene rings is 2. The average Bonchev–Trinajstić information content (AvgIpc) is 2.46. The summed E-state index contributed by atoms with van der Waals surface area (Å²) in [6, 6.07) is 16.8. The van der Waals surface area contributed by atoms with Gasteiger partial charge in [0.25, 0.3) is 0 Å². The zero-order valence-electron chi connectivity index (χ0n) is 13.6. The molecule has 0 aliphatic heterocycles. The van der Waals surface area contributed by atoms with Gasteiger partial charge in [-0.2, -0.15) is 0 Å². The molecule has 0 aliphatic rings. The first kappa shape index (κ1) is 15.6. The Balaban J connectivity index is 2.31. The van der Waals surface area contributed by atoms with Gasteiger partial charge < -0.3 is 10.1 Å². The molecular formula is C19H25NO. The lowest BCUT2D eigenvalue weighted by Gasteiger charge is -2.20. The van der Waals surface area contributed by atoms with Crippen LogP contribution in [-0.4, -0.2) is 7.05 Å². The predicted octanol–water partition coefficient (Wildman–Crippen LogP) is 5.06. The number of hydrogen-bond acceptors (Lipinski definition) is 2. The van der Waals surface area contributed by atoms with Crippen LogP contribution in [0.25, 0.3) is 0 Å². The second kappa shape index (κ2) is 6.31. The molecule has 21 heavy (non-hydrogen) atoms. The van der Waals surface area contributed by atoms with Crippen molar-refractivity contribution in [1.82, 2.24) is 5.32 Å². The van der Waals surface area contributed by atoms with Crippen LogP contribution < -0.4 is 10.1 Å². The van der Waals surface area contributed by atoms with Gasteiger partial charge in [-0.3, -0.25) is 0 Å². The maximum atomic E-state index is 6.13. The Hall–Kier alpha value is -1.80. The highest BCUT2D eigenvalue weighted by molar-refractivity contribution is 5.41. The normalized spacial score (nSPS) is 13.0. The van der Waals surface area contributed by atoms with E-state index < -0.39 is 0 Å². The maximum absolute atomic E-state index is 6.13. The van der Waals surface area contributed by atoms with Crippen LogP contribution in [0.1, 0.15) is 44.9 Å². The van der Waals surface area contributed by atoms with E-state index in [1.807, 2.05) is 31.3 Å². The van der Waals surface area contributed by atoms with Crippen LogP contribution in [0.2, 0.25) is 0 Å². The van der Waals surface area contributed by atoms with E-state index in [0.717, 1.165) is 11.5 Å². The molecule has 0 aliphatic carbocycles. The van der Waals surface area contributed by atoms with Gasteiger partial charge in [0.15, 0.2) is 0 Å². The highest BCUT2D eigenvalue weighted by Crippen LogP contribution is 2.31. The molecule has 1 atom stereocenters. The summed E-state index contributed by atoms with van der Waals surface area (Å²) in [5, 5.41) is 3.26. The van der Waals surface area contributed by atoms with Crippen molar-refractivity contribution in [1.29, 1.82) is 0 Å². The molecule has 0 heterocycles. The van der Waals surface area contributed by atoms with Gasteiger partial charge in [-0.15, -0.1) is 0 Å². The van der Waals surface area contributed by atoms with E-state index in [9.17, 15) is 0 Å². The first-order valence-electron chi connectivity index (χ1n) is 7.46. The number of nitrogens with one attached hydrogen (secondary N) is 1. The number of rotatable bonds is 4. The SMILES string of the molecule is CNC(C)c1ccccc1Oc1cccc(C(C)(C)C)c1. The molecule has 0 amide bonds. The Kier molecular flexibility index (Phi) is 4.69. The highest BCUT2D eigenvalue weighted by atomic mass is 16.5. The quantitative estimate of drug-likeness (QED) is 0.847. The van der Waals surface area contributed by atoms with Crippen molar-refractivity contribution < 1.29 is 4.74 Å². The molecule has 0 aromatic heterocycles. The molecule has 2 aromatic rings. The van der Waals surface area contributed by atoms with Crippen molar-refractivity contribution in [2.45, 2.75) is 39.2 Å². The van der Waals surface area contributed by atoms with Gasteiger partial charge in [0, 0.05) is 11.6 Å². The lowest BCUT2D eigenvalue weighted by atomic mass is 9.87. The van der Waals surface area contributed by atoms with Crippen LogP contribution in [0.15, 0.2) is 48.5 Å². The third kappa shape index (κ3) is 3.85. The Morgan fingerprint density at radius 3 is 2.38 bits per heavy atom. The summed E-state index contributed by atoms with van der Waals surface area (Å²) in [4.78, 5) is 0. The third-order valence-electron chi connectivity index (χ3n) is 3.75. The minimum absolute atomic E-state index is 0.122. The molecule has 2 heteroatoms. The van der Waals surface area contributed by atoms with Gasteiger partial charge in [-0.25, -0.2) is 0 Å². The van der Waals surface area contributed by atoms with Crippen LogP contribution >= 0.6 is 0 Å². The van der Waals surface area contributed by atoms with Crippen LogP contribution in [-0.2, 0) is 5.41 Å². The summed E-state index contributed by atoms with van der Waals surface area (Å²) >= 11 is 0. The summed E-state index contributed by atoms with van der Waals surface area (Å²) < 4.78 is 6.13. The van der Waals surface area contributed by atoms with Gasteiger partial charge in [-0.1, -0.05) is 51.1 Å². The Morgan fingerprint density at radius 1 is 1.00 bits per heavy atom. The summed E-state index contributed by atoms with van der Waals surface area (Å²) in [6.45, 7) is 8.77. The number of hydrogen-bond donors (Lipinski definition) is 1. The van der Waals surface area contributed by atoms with Crippen LogP contribution in [0.5, 0.6) is 11.5 Å². The largest absolute Gasteiger partial charge is 0.457 e. The van der Waals surface area contributed by atoms with Gasteiger partial charge in [-0.05, 0) is 43.1 Å². The molecule has 0 saturated heterocycles. The standard InChI is InChI=1S/C19H25NO/c1-14(20-5)17-11-6-7-12-18(17)21-16-10-8-9-15(13-16)19(2,3)4/h6-14,20H,1-5H3. The fourth-order valence-corrected chi connectivity index (χ4v) is 2.24. The first-order chi connectivity index (χ1) is 9.91. The summed E-state index contributed by atoms with van der Waals surface area (Å²) in [5.41, 5.74) is 2.57. The van der Waals surface area contributed by atoms with Gasteiger partial charge in [0.05, 0.1) is 0 Å². The summed E-state index contributed by atoms with van der Waals surface area (Å²) in [7, 11) is 1.96. The van der Waals surface area contributed by atoms with Crippen LogP contribution in [0.3, 0.4) is 0 Å². The molecule has 2 rings (SSSR count). The van der Waals surface area contributed by atoms with E-state index in [4.69, 9.17) is 4.74 Å². The van der Waals surface area contributed by atoms with Crippen molar-refractivity contribution in [2.75, 3.05) is 7.05 Å². The van der Waals surface area contributed by atoms with E-state index >= 15 is 0 Å². The molecular weight excluding hydrogens is 258 g/mol. The Labute approximate surface area is 128 Å². The van der Waals surface area contributed by atoms with Crippen molar-refractivity contribution in [3.63, 3.8) is 0 Å². The fraction of sp³-hybridized carbons (Fsp3) is 0.368. The van der Waals surface area contributed by atoms with Crippen molar-refractivity contribution in [2.24, 2.45) is 0 Å². The van der Waals surface area contributed by atoms with Gasteiger partial charge in [0.1, 0.15) is 11.5 Å². The van der Waals surface area contributed by atoms with Crippen molar-refractivity contribution >= 4 is 0 Å². The van der Waals surface area contributed by atoms with Gasteiger partial charge in [0.2, 0.25) is 0 Å². The number of ether oxygens (including phenoxy) is 1. The topological polar surface area (TPSA) is 21.3 Å². The van der Waals surface area contributed by atoms with E-state index in [1.54, 1.807) is 0 Å². The maximum Gasteiger partial charge on any atom is 0.132 e. The van der Waals surface area contributed by atoms with E-state index in [2.05, 4.69) is 57.3 Å². The van der Waals surface area contributed by atoms with E-state index in [1.165, 1.54) is 11.1 Å². The molecule has 0 spiro atoms. The van der Waals surface area contributed by atoms with Crippen LogP contribution in [0, 0.1) is 0 Å². The molecule has 2 aromatic carbocycles. The molecule has 0 fully saturated rings. The molecule has 1 N–H and O–H groups in total. The molecule has 2 nitrogen and oxygen atoms in total. The summed E-state index contributed by atoms with van der Waals surface area (Å²) in [6.07, 6.45) is 0. The second-order valence-electron chi connectivity index (χ2n) is 6.43. The lowest BCUT2D eigenvalue weighted by Crippen LogP contribution is -2.13. The average molecular weight is 283 g/mol. The minimum Gasteiger partial charge on any atom is -0.457 e. The zero-order valence-corrected chi connectivity index (χ0v) is 13.6. The van der Waals surface area contributed by atoms with Crippen LogP contribution in [0.4, 0.5) is 0 Å².